The highest BCUT2D eigenvalue weighted by molar-refractivity contribution is 5.17. The third-order valence-corrected chi connectivity index (χ3v) is 3.24. The van der Waals surface area contributed by atoms with Gasteiger partial charge in [0.25, 0.3) is 0 Å². The molecule has 0 radical (unpaired) electrons. The molecule has 1 unspecified atom stereocenters. The Labute approximate surface area is 95.3 Å². The summed E-state index contributed by atoms with van der Waals surface area (Å²) in [5.74, 6) is 0. The lowest BCUT2D eigenvalue weighted by atomic mass is 9.90. The third-order valence-electron chi connectivity index (χ3n) is 3.24. The van der Waals surface area contributed by atoms with E-state index in [0.717, 1.165) is 5.56 Å². The maximum Gasteiger partial charge on any atom is 0.187 e. The van der Waals surface area contributed by atoms with E-state index < -0.39 is 0 Å². The predicted molar refractivity (Wildman–Crippen MR) is 58.7 cm³/mol. The topological polar surface area (TPSA) is 27.7 Å². The van der Waals surface area contributed by atoms with Crippen LogP contribution in [0.5, 0.6) is 0 Å². The van der Waals surface area contributed by atoms with Crippen molar-refractivity contribution in [2.75, 3.05) is 6.61 Å². The average Bonchev–Trinajstić information content (AvgIpc) is 2.82. The largest absolute Gasteiger partial charge is 0.349 e. The molecule has 3 rings (SSSR count). The van der Waals surface area contributed by atoms with Gasteiger partial charge in [0.2, 0.25) is 0 Å². The number of benzene rings is 1. The van der Waals surface area contributed by atoms with Gasteiger partial charge in [0, 0.05) is 11.0 Å². The van der Waals surface area contributed by atoms with Gasteiger partial charge in [0.05, 0.1) is 6.61 Å². The lowest BCUT2D eigenvalue weighted by molar-refractivity contribution is -0.149. The Morgan fingerprint density at radius 2 is 1.88 bits per heavy atom. The molecule has 0 N–H and O–H groups in total. The van der Waals surface area contributed by atoms with E-state index >= 15 is 0 Å². The molecule has 86 valence electrons. The molecule has 2 heterocycles. The van der Waals surface area contributed by atoms with Crippen molar-refractivity contribution in [1.29, 1.82) is 0 Å². The molecular weight excluding hydrogens is 204 g/mol. The van der Waals surface area contributed by atoms with Crippen LogP contribution in [0.3, 0.4) is 0 Å². The molecule has 0 spiro atoms. The molecule has 2 aliphatic heterocycles. The first kappa shape index (κ1) is 10.3. The summed E-state index contributed by atoms with van der Waals surface area (Å²) in [5.41, 5.74) is 1.09. The minimum atomic E-state index is -0.282. The molecule has 0 aliphatic carbocycles. The van der Waals surface area contributed by atoms with Crippen LogP contribution < -0.4 is 0 Å². The van der Waals surface area contributed by atoms with Crippen molar-refractivity contribution in [3.63, 3.8) is 0 Å². The van der Waals surface area contributed by atoms with E-state index in [1.165, 1.54) is 0 Å². The quantitative estimate of drug-likeness (QED) is 0.727. The van der Waals surface area contributed by atoms with E-state index in [-0.39, 0.29) is 24.1 Å². The third kappa shape index (κ3) is 1.56. The summed E-state index contributed by atoms with van der Waals surface area (Å²) < 4.78 is 17.3. The van der Waals surface area contributed by atoms with Crippen LogP contribution >= 0.6 is 0 Å². The van der Waals surface area contributed by atoms with Gasteiger partial charge < -0.3 is 14.2 Å². The molecule has 2 saturated heterocycles. The van der Waals surface area contributed by atoms with Crippen LogP contribution in [0.1, 0.15) is 25.7 Å². The summed E-state index contributed by atoms with van der Waals surface area (Å²) in [6.45, 7) is 4.99. The Kier molecular flexibility index (Phi) is 2.28. The smallest absolute Gasteiger partial charge is 0.187 e. The first-order chi connectivity index (χ1) is 7.67. The number of hydrogen-bond acceptors (Lipinski definition) is 3. The second kappa shape index (κ2) is 3.55. The van der Waals surface area contributed by atoms with E-state index in [4.69, 9.17) is 14.2 Å². The fourth-order valence-electron chi connectivity index (χ4n) is 2.25. The van der Waals surface area contributed by atoms with Crippen molar-refractivity contribution in [2.24, 2.45) is 5.41 Å². The zero-order valence-electron chi connectivity index (χ0n) is 9.55. The van der Waals surface area contributed by atoms with Crippen LogP contribution in [0.2, 0.25) is 0 Å². The fraction of sp³-hybridized carbons (Fsp3) is 0.538. The van der Waals surface area contributed by atoms with Crippen molar-refractivity contribution >= 4 is 0 Å². The second-order valence-corrected chi connectivity index (χ2v) is 5.10. The highest BCUT2D eigenvalue weighted by Gasteiger charge is 2.51. The molecule has 16 heavy (non-hydrogen) atoms. The van der Waals surface area contributed by atoms with E-state index in [9.17, 15) is 0 Å². The predicted octanol–water partition coefficient (Wildman–Crippen LogP) is 2.48. The summed E-state index contributed by atoms with van der Waals surface area (Å²) in [7, 11) is 0. The van der Waals surface area contributed by atoms with Gasteiger partial charge in [-0.2, -0.15) is 0 Å². The zero-order chi connectivity index (χ0) is 11.2. The Balaban J connectivity index is 1.80. The molecule has 3 heteroatoms. The minimum absolute atomic E-state index is 0.0359. The number of hydrogen-bond donors (Lipinski definition) is 0. The van der Waals surface area contributed by atoms with Crippen molar-refractivity contribution in [2.45, 2.75) is 32.5 Å². The molecule has 1 aromatic rings. The van der Waals surface area contributed by atoms with Gasteiger partial charge in [0.15, 0.2) is 12.6 Å². The van der Waals surface area contributed by atoms with Crippen molar-refractivity contribution in [3.8, 4) is 0 Å². The number of fused-ring (bicyclic) bond motifs is 1. The Morgan fingerprint density at radius 1 is 1.12 bits per heavy atom. The lowest BCUT2D eigenvalue weighted by Gasteiger charge is -2.22. The van der Waals surface area contributed by atoms with Gasteiger partial charge >= 0.3 is 0 Å². The summed E-state index contributed by atoms with van der Waals surface area (Å²) in [6, 6.07) is 9.99. The van der Waals surface area contributed by atoms with Gasteiger partial charge in [-0.25, -0.2) is 0 Å². The first-order valence-corrected chi connectivity index (χ1v) is 5.64. The molecule has 3 atom stereocenters. The van der Waals surface area contributed by atoms with Crippen LogP contribution in [-0.4, -0.2) is 19.0 Å². The molecule has 0 saturated carbocycles. The van der Waals surface area contributed by atoms with Crippen LogP contribution in [0, 0.1) is 5.41 Å². The van der Waals surface area contributed by atoms with Crippen molar-refractivity contribution in [3.05, 3.63) is 35.9 Å². The second-order valence-electron chi connectivity index (χ2n) is 5.10. The van der Waals surface area contributed by atoms with Crippen LogP contribution in [0.4, 0.5) is 0 Å². The van der Waals surface area contributed by atoms with Crippen LogP contribution in [0.25, 0.3) is 0 Å². The van der Waals surface area contributed by atoms with Crippen LogP contribution in [-0.2, 0) is 14.2 Å². The van der Waals surface area contributed by atoms with Gasteiger partial charge in [-0.15, -0.1) is 0 Å². The molecule has 2 aliphatic rings. The number of rotatable bonds is 1. The van der Waals surface area contributed by atoms with Gasteiger partial charge in [-0.3, -0.25) is 0 Å². The van der Waals surface area contributed by atoms with Crippen LogP contribution in [0.15, 0.2) is 30.3 Å². The standard InChI is InChI=1S/C13H16O3/c1-13(2)8-14-12-10(13)15-11(16-12)9-6-4-3-5-7-9/h3-7,10-12H,8H2,1-2H3/t10-,11?,12+/m1/s1. The molecule has 0 aromatic heterocycles. The molecule has 0 bridgehead atoms. The Bertz CT molecular complexity index is 374. The van der Waals surface area contributed by atoms with Gasteiger partial charge in [-0.1, -0.05) is 44.2 Å². The molecule has 2 fully saturated rings. The monoisotopic (exact) mass is 220 g/mol. The highest BCUT2D eigenvalue weighted by Crippen LogP contribution is 2.44. The highest BCUT2D eigenvalue weighted by atomic mass is 16.8. The summed E-state index contributed by atoms with van der Waals surface area (Å²) in [6.07, 6.45) is -0.450. The van der Waals surface area contributed by atoms with E-state index in [1.54, 1.807) is 0 Å². The van der Waals surface area contributed by atoms with E-state index in [0.29, 0.717) is 6.61 Å². The maximum atomic E-state index is 5.94. The van der Waals surface area contributed by atoms with E-state index in [2.05, 4.69) is 13.8 Å². The molecule has 1 aromatic carbocycles. The Hall–Kier alpha value is -0.900. The minimum Gasteiger partial charge on any atom is -0.349 e. The fourth-order valence-corrected chi connectivity index (χ4v) is 2.25. The summed E-state index contributed by atoms with van der Waals surface area (Å²) in [4.78, 5) is 0. The normalized spacial score (nSPS) is 36.2. The maximum absolute atomic E-state index is 5.94. The lowest BCUT2D eigenvalue weighted by Crippen LogP contribution is -2.30. The molecule has 3 nitrogen and oxygen atoms in total. The molecule has 0 amide bonds. The molecular formula is C13H16O3. The average molecular weight is 220 g/mol. The SMILES string of the molecule is CC1(C)CO[C@H]2OC(c3ccccc3)O[C@H]21. The summed E-state index contributed by atoms with van der Waals surface area (Å²) in [5, 5.41) is 0. The number of ether oxygens (including phenoxy) is 3. The van der Waals surface area contributed by atoms with Gasteiger partial charge in [-0.05, 0) is 0 Å². The van der Waals surface area contributed by atoms with E-state index in [1.807, 2.05) is 30.3 Å². The Morgan fingerprint density at radius 3 is 2.56 bits per heavy atom. The first-order valence-electron chi connectivity index (χ1n) is 5.64. The van der Waals surface area contributed by atoms with Crippen molar-refractivity contribution in [1.82, 2.24) is 0 Å². The zero-order valence-corrected chi connectivity index (χ0v) is 9.55. The van der Waals surface area contributed by atoms with Crippen molar-refractivity contribution < 1.29 is 14.2 Å². The summed E-state index contributed by atoms with van der Waals surface area (Å²) >= 11 is 0. The van der Waals surface area contributed by atoms with Gasteiger partial charge in [0.1, 0.15) is 6.10 Å².